The van der Waals surface area contributed by atoms with Crippen molar-refractivity contribution < 1.29 is 27.9 Å². The lowest BCUT2D eigenvalue weighted by Gasteiger charge is -2.19. The van der Waals surface area contributed by atoms with Crippen LogP contribution < -0.4 is 0 Å². The zero-order valence-corrected chi connectivity index (χ0v) is 12.7. The van der Waals surface area contributed by atoms with E-state index in [1.54, 1.807) is 0 Å². The Morgan fingerprint density at radius 3 is 2.00 bits per heavy atom. The number of likely N-dealkylation sites (tertiary alicyclic amines) is 1. The van der Waals surface area contributed by atoms with Gasteiger partial charge in [0.05, 0.1) is 30.0 Å². The lowest BCUT2D eigenvalue weighted by Crippen LogP contribution is -2.35. The van der Waals surface area contributed by atoms with Gasteiger partial charge in [-0.05, 0) is 30.5 Å². The molecule has 0 radical (unpaired) electrons. The Labute approximate surface area is 136 Å². The van der Waals surface area contributed by atoms with Gasteiger partial charge in [-0.1, -0.05) is 24.3 Å². The smallest absolute Gasteiger partial charge is 0.387 e. The molecule has 0 saturated carbocycles. The van der Waals surface area contributed by atoms with E-state index >= 15 is 0 Å². The average molecular weight is 339 g/mol. The molecule has 128 valence electrons. The normalized spacial score (nSPS) is 25.1. The Hall–Kier alpha value is -2.15. The summed E-state index contributed by atoms with van der Waals surface area (Å²) in [6.07, 6.45) is -0.935. The highest BCUT2D eigenvalue weighted by Gasteiger charge is 2.47. The molecule has 2 aliphatic rings. The van der Waals surface area contributed by atoms with Crippen molar-refractivity contribution in [1.82, 2.24) is 4.90 Å². The number of alkyl halides is 3. The highest BCUT2D eigenvalue weighted by atomic mass is 19.4. The molecule has 4 nitrogen and oxygen atoms in total. The van der Waals surface area contributed by atoms with E-state index < -0.39 is 17.8 Å². The number of carbonyl (C=O) groups is 2. The molecule has 3 atom stereocenters. The number of aliphatic hydroxyl groups is 1. The number of halogens is 3. The summed E-state index contributed by atoms with van der Waals surface area (Å²) in [6.45, 7) is -0.240. The van der Waals surface area contributed by atoms with Crippen molar-refractivity contribution in [3.8, 4) is 0 Å². The topological polar surface area (TPSA) is 57.6 Å². The molecule has 0 spiro atoms. The van der Waals surface area contributed by atoms with E-state index in [4.69, 9.17) is 0 Å². The summed E-state index contributed by atoms with van der Waals surface area (Å²) in [4.78, 5) is 25.7. The third kappa shape index (κ3) is 2.96. The van der Waals surface area contributed by atoms with Gasteiger partial charge >= 0.3 is 6.18 Å². The fraction of sp³-hybridized carbons (Fsp3) is 0.412. The number of fused-ring (bicyclic) bond motifs is 1. The van der Waals surface area contributed by atoms with Crippen molar-refractivity contribution in [2.24, 2.45) is 11.8 Å². The molecule has 2 amide bonds. The van der Waals surface area contributed by atoms with Gasteiger partial charge in [0.25, 0.3) is 0 Å². The third-order valence-electron chi connectivity index (χ3n) is 4.58. The summed E-state index contributed by atoms with van der Waals surface area (Å²) in [7, 11) is 0. The predicted octanol–water partition coefficient (Wildman–Crippen LogP) is 2.69. The second-order valence-electron chi connectivity index (χ2n) is 6.08. The van der Waals surface area contributed by atoms with Gasteiger partial charge in [0.2, 0.25) is 11.8 Å². The summed E-state index contributed by atoms with van der Waals surface area (Å²) in [5, 5.41) is 10.2. The summed E-state index contributed by atoms with van der Waals surface area (Å²) in [5.41, 5.74) is -0.583. The minimum atomic E-state index is -4.45. The minimum absolute atomic E-state index is 0.233. The highest BCUT2D eigenvalue weighted by molar-refractivity contribution is 6.05. The van der Waals surface area contributed by atoms with Crippen LogP contribution in [0.2, 0.25) is 0 Å². The van der Waals surface area contributed by atoms with E-state index in [1.807, 2.05) is 12.2 Å². The van der Waals surface area contributed by atoms with Crippen molar-refractivity contribution in [2.75, 3.05) is 6.54 Å². The summed E-state index contributed by atoms with van der Waals surface area (Å²) < 4.78 is 37.7. The molecular weight excluding hydrogens is 323 g/mol. The van der Waals surface area contributed by atoms with Crippen LogP contribution >= 0.6 is 0 Å². The van der Waals surface area contributed by atoms with Crippen molar-refractivity contribution in [3.63, 3.8) is 0 Å². The number of aliphatic hydroxyl groups excluding tert-OH is 1. The number of hydrogen-bond acceptors (Lipinski definition) is 3. The molecule has 0 bridgehead atoms. The van der Waals surface area contributed by atoms with Crippen LogP contribution in [-0.2, 0) is 15.8 Å². The molecular formula is C17H16F3NO3. The number of benzene rings is 1. The molecule has 1 heterocycles. The van der Waals surface area contributed by atoms with Crippen LogP contribution in [0.25, 0.3) is 0 Å². The zero-order valence-electron chi connectivity index (χ0n) is 12.7. The van der Waals surface area contributed by atoms with E-state index in [1.165, 1.54) is 0 Å². The predicted molar refractivity (Wildman–Crippen MR) is 78.5 cm³/mol. The Morgan fingerprint density at radius 1 is 1.04 bits per heavy atom. The Morgan fingerprint density at radius 2 is 1.54 bits per heavy atom. The van der Waals surface area contributed by atoms with Crippen molar-refractivity contribution in [1.29, 1.82) is 0 Å². The van der Waals surface area contributed by atoms with Gasteiger partial charge in [-0.2, -0.15) is 13.2 Å². The number of allylic oxidation sites excluding steroid dienone is 2. The molecule has 7 heteroatoms. The van der Waals surface area contributed by atoms with Gasteiger partial charge in [-0.25, -0.2) is 0 Å². The van der Waals surface area contributed by atoms with E-state index in [2.05, 4.69) is 0 Å². The first-order chi connectivity index (χ1) is 11.3. The first-order valence-corrected chi connectivity index (χ1v) is 7.64. The van der Waals surface area contributed by atoms with Crippen molar-refractivity contribution in [2.45, 2.75) is 25.1 Å². The van der Waals surface area contributed by atoms with Gasteiger partial charge in [0, 0.05) is 0 Å². The number of nitrogens with zero attached hydrogens (tertiary/aromatic N) is 1. The zero-order chi connectivity index (χ0) is 17.5. The van der Waals surface area contributed by atoms with Gasteiger partial charge in [-0.15, -0.1) is 0 Å². The molecule has 24 heavy (non-hydrogen) atoms. The lowest BCUT2D eigenvalue weighted by molar-refractivity contribution is -0.141. The molecule has 1 fully saturated rings. The van der Waals surface area contributed by atoms with Crippen molar-refractivity contribution in [3.05, 3.63) is 47.5 Å². The van der Waals surface area contributed by atoms with Crippen LogP contribution in [0.15, 0.2) is 36.4 Å². The first-order valence-electron chi connectivity index (χ1n) is 7.64. The SMILES string of the molecule is O=C1[C@@H]2CC=CC[C@H]2C(=O)N1C[C@@H](O)c1ccc(C(F)(F)F)cc1. The molecule has 1 aliphatic carbocycles. The van der Waals surface area contributed by atoms with E-state index in [-0.39, 0.29) is 35.8 Å². The lowest BCUT2D eigenvalue weighted by atomic mass is 9.85. The molecule has 1 aromatic rings. The number of β-amino-alcohol motifs (C(OH)–C–C–N with tert-alkyl or cyclic N) is 1. The molecule has 1 saturated heterocycles. The largest absolute Gasteiger partial charge is 0.416 e. The van der Waals surface area contributed by atoms with E-state index in [0.29, 0.717) is 12.8 Å². The molecule has 1 N–H and O–H groups in total. The summed E-state index contributed by atoms with van der Waals surface area (Å²) in [5.74, 6) is -1.41. The van der Waals surface area contributed by atoms with Crippen LogP contribution in [0.3, 0.4) is 0 Å². The summed E-state index contributed by atoms with van der Waals surface area (Å²) in [6, 6.07) is 4.06. The molecule has 3 rings (SSSR count). The molecule has 1 aromatic carbocycles. The maximum absolute atomic E-state index is 12.6. The van der Waals surface area contributed by atoms with E-state index in [0.717, 1.165) is 29.2 Å². The Bertz CT molecular complexity index is 655. The second-order valence-corrected chi connectivity index (χ2v) is 6.08. The highest BCUT2D eigenvalue weighted by Crippen LogP contribution is 2.36. The molecule has 0 aromatic heterocycles. The van der Waals surface area contributed by atoms with Gasteiger partial charge in [0.15, 0.2) is 0 Å². The van der Waals surface area contributed by atoms with Crippen LogP contribution in [0.4, 0.5) is 13.2 Å². The Balaban J connectivity index is 1.72. The second kappa shape index (κ2) is 6.05. The third-order valence-corrected chi connectivity index (χ3v) is 4.58. The van der Waals surface area contributed by atoms with E-state index in [9.17, 15) is 27.9 Å². The molecule has 0 unspecified atom stereocenters. The van der Waals surface area contributed by atoms with Crippen LogP contribution in [0.1, 0.15) is 30.1 Å². The minimum Gasteiger partial charge on any atom is -0.387 e. The van der Waals surface area contributed by atoms with Gasteiger partial charge in [0.1, 0.15) is 0 Å². The van der Waals surface area contributed by atoms with Crippen LogP contribution in [0, 0.1) is 11.8 Å². The summed E-state index contributed by atoms with van der Waals surface area (Å²) >= 11 is 0. The fourth-order valence-electron chi connectivity index (χ4n) is 3.22. The number of carbonyl (C=O) groups excluding carboxylic acids is 2. The first kappa shape index (κ1) is 16.7. The maximum atomic E-state index is 12.6. The standard InChI is InChI=1S/C17H16F3NO3/c18-17(19,20)11-7-5-10(6-8-11)14(22)9-21-15(23)12-3-1-2-4-13(12)16(21)24/h1-2,5-8,12-14,22H,3-4,9H2/t12-,13-,14-/m1/s1. The van der Waals surface area contributed by atoms with Gasteiger partial charge < -0.3 is 5.11 Å². The average Bonchev–Trinajstić information content (AvgIpc) is 2.79. The number of rotatable bonds is 3. The maximum Gasteiger partial charge on any atom is 0.416 e. The molecule has 1 aliphatic heterocycles. The number of hydrogen-bond donors (Lipinski definition) is 1. The monoisotopic (exact) mass is 339 g/mol. The van der Waals surface area contributed by atoms with Crippen LogP contribution in [0.5, 0.6) is 0 Å². The number of amides is 2. The number of imide groups is 1. The fourth-order valence-corrected chi connectivity index (χ4v) is 3.22. The Kier molecular flexibility index (Phi) is 4.21. The van der Waals surface area contributed by atoms with Crippen LogP contribution in [-0.4, -0.2) is 28.4 Å². The van der Waals surface area contributed by atoms with Gasteiger partial charge in [-0.3, -0.25) is 14.5 Å². The quantitative estimate of drug-likeness (QED) is 0.680. The van der Waals surface area contributed by atoms with Crippen molar-refractivity contribution >= 4 is 11.8 Å².